The molecule has 1 fully saturated rings. The highest BCUT2D eigenvalue weighted by Gasteiger charge is 2.58. The van der Waals surface area contributed by atoms with Crippen molar-refractivity contribution in [3.8, 4) is 0 Å². The fourth-order valence-electron chi connectivity index (χ4n) is 2.77. The molecule has 0 aliphatic carbocycles. The number of nitrogens with two attached hydrogens (primary N) is 1. The molecule has 2 atom stereocenters. The summed E-state index contributed by atoms with van der Waals surface area (Å²) in [5, 5.41) is 9.71. The Morgan fingerprint density at radius 2 is 1.86 bits per heavy atom. The number of Topliss-reactive ketones (excluding diaryl/α,β-unsaturated/α-hetero) is 1. The smallest absolute Gasteiger partial charge is 0.338 e. The van der Waals surface area contributed by atoms with Crippen LogP contribution in [0, 0.1) is 5.92 Å². The van der Waals surface area contributed by atoms with E-state index in [1.807, 2.05) is 0 Å². The van der Waals surface area contributed by atoms with Crippen LogP contribution in [0.1, 0.15) is 39.5 Å². The molecule has 1 aliphatic heterocycles. The van der Waals surface area contributed by atoms with Gasteiger partial charge in [0, 0.05) is 18.6 Å². The lowest BCUT2D eigenvalue weighted by Gasteiger charge is -2.42. The van der Waals surface area contributed by atoms with Crippen molar-refractivity contribution in [1.29, 1.82) is 0 Å². The molecule has 1 saturated heterocycles. The minimum Gasteiger partial charge on any atom is -0.479 e. The molecule has 0 aromatic carbocycles. The average Bonchev–Trinajstić information content (AvgIpc) is 2.44. The zero-order chi connectivity index (χ0) is 17.1. The number of ketones is 1. The zero-order valence-corrected chi connectivity index (χ0v) is 13.6. The van der Waals surface area contributed by atoms with Gasteiger partial charge in [-0.25, -0.2) is 4.79 Å². The average molecular weight is 330 g/mol. The van der Waals surface area contributed by atoms with Crippen LogP contribution < -0.4 is 5.73 Å². The molecule has 124 valence electrons. The highest BCUT2D eigenvalue weighted by molar-refractivity contribution is 7.80. The lowest BCUT2D eigenvalue weighted by atomic mass is 9.77. The maximum atomic E-state index is 12.6. The van der Waals surface area contributed by atoms with Crippen molar-refractivity contribution in [2.45, 2.75) is 51.1 Å². The van der Waals surface area contributed by atoms with Crippen molar-refractivity contribution >= 4 is 36.2 Å². The molecule has 2 amide bonds. The number of carbonyl (C=O) groups excluding carboxylic acids is 3. The molecule has 22 heavy (non-hydrogen) atoms. The van der Waals surface area contributed by atoms with E-state index in [0.717, 1.165) is 0 Å². The Kier molecular flexibility index (Phi) is 6.13. The summed E-state index contributed by atoms with van der Waals surface area (Å²) in [6, 6.07) is -1.14. The van der Waals surface area contributed by atoms with Gasteiger partial charge in [0.2, 0.25) is 17.4 Å². The molecule has 3 N–H and O–H groups in total. The standard InChI is InChI=1S/C14H22N2O5S/c1-8(2)14(13(20)21)10(17)5-3-4-6-11(18)16(14)12(19)9(15)7-22/h8-9,22H,3-7,15H2,1-2H3,(H,20,21)/t9-,14-/m0/s1. The number of thiol groups is 1. The van der Waals surface area contributed by atoms with Gasteiger partial charge in [-0.05, 0) is 18.8 Å². The summed E-state index contributed by atoms with van der Waals surface area (Å²) in [5.41, 5.74) is 3.44. The SMILES string of the molecule is CC(C)[C@@]1(C(=O)O)C(=O)CCCCC(=O)N1C(=O)[C@@H](N)CS. The van der Waals surface area contributed by atoms with E-state index in [2.05, 4.69) is 12.6 Å². The van der Waals surface area contributed by atoms with Crippen LogP contribution in [0.5, 0.6) is 0 Å². The van der Waals surface area contributed by atoms with Crippen molar-refractivity contribution in [2.24, 2.45) is 11.7 Å². The van der Waals surface area contributed by atoms with Gasteiger partial charge in [-0.1, -0.05) is 13.8 Å². The third-order valence-corrected chi connectivity index (χ3v) is 4.36. The van der Waals surface area contributed by atoms with E-state index in [1.165, 1.54) is 13.8 Å². The fraction of sp³-hybridized carbons (Fsp3) is 0.714. The molecule has 1 aliphatic rings. The third kappa shape index (κ3) is 3.03. The Hall–Kier alpha value is -1.41. The molecule has 1 heterocycles. The van der Waals surface area contributed by atoms with Gasteiger partial charge in [0.1, 0.15) is 0 Å². The topological polar surface area (TPSA) is 118 Å². The lowest BCUT2D eigenvalue weighted by Crippen LogP contribution is -2.69. The number of aliphatic carboxylic acids is 1. The van der Waals surface area contributed by atoms with Crippen LogP contribution in [-0.2, 0) is 19.2 Å². The predicted molar refractivity (Wildman–Crippen MR) is 82.4 cm³/mol. The molecule has 1 rings (SSSR count). The van der Waals surface area contributed by atoms with Gasteiger partial charge in [0.05, 0.1) is 6.04 Å². The molecule has 0 aromatic rings. The molecule has 0 bridgehead atoms. The van der Waals surface area contributed by atoms with Crippen molar-refractivity contribution in [3.63, 3.8) is 0 Å². The van der Waals surface area contributed by atoms with E-state index in [4.69, 9.17) is 5.73 Å². The van der Waals surface area contributed by atoms with E-state index in [-0.39, 0.29) is 18.6 Å². The Bertz CT molecular complexity index is 494. The number of likely N-dealkylation sites (tertiary alicyclic amines) is 1. The van der Waals surface area contributed by atoms with E-state index < -0.39 is 41.1 Å². The van der Waals surface area contributed by atoms with Crippen molar-refractivity contribution in [1.82, 2.24) is 4.90 Å². The summed E-state index contributed by atoms with van der Waals surface area (Å²) in [4.78, 5) is 50.0. The van der Waals surface area contributed by atoms with Crippen LogP contribution in [0.3, 0.4) is 0 Å². The number of carboxylic acids is 1. The zero-order valence-electron chi connectivity index (χ0n) is 12.7. The van der Waals surface area contributed by atoms with Gasteiger partial charge >= 0.3 is 5.97 Å². The van der Waals surface area contributed by atoms with Gasteiger partial charge < -0.3 is 10.8 Å². The minimum atomic E-state index is -2.20. The molecule has 7 nitrogen and oxygen atoms in total. The summed E-state index contributed by atoms with van der Waals surface area (Å²) in [6.45, 7) is 3.01. The van der Waals surface area contributed by atoms with Crippen molar-refractivity contribution in [3.05, 3.63) is 0 Å². The first-order valence-electron chi connectivity index (χ1n) is 7.21. The maximum Gasteiger partial charge on any atom is 0.338 e. The number of rotatable bonds is 4. The predicted octanol–water partition coefficient (Wildman–Crippen LogP) is 0.221. The Labute approximate surface area is 134 Å². The molecular weight excluding hydrogens is 308 g/mol. The van der Waals surface area contributed by atoms with Crippen LogP contribution in [0.25, 0.3) is 0 Å². The van der Waals surface area contributed by atoms with Gasteiger partial charge in [-0.15, -0.1) is 0 Å². The highest BCUT2D eigenvalue weighted by atomic mass is 32.1. The van der Waals surface area contributed by atoms with Crippen molar-refractivity contribution < 1.29 is 24.3 Å². The quantitative estimate of drug-likeness (QED) is 0.501. The van der Waals surface area contributed by atoms with Crippen LogP contribution in [0.2, 0.25) is 0 Å². The maximum absolute atomic E-state index is 12.6. The first-order chi connectivity index (χ1) is 10.2. The van der Waals surface area contributed by atoms with Gasteiger partial charge in [0.15, 0.2) is 5.78 Å². The summed E-state index contributed by atoms with van der Waals surface area (Å²) in [7, 11) is 0. The van der Waals surface area contributed by atoms with Crippen molar-refractivity contribution in [2.75, 3.05) is 5.75 Å². The second-order valence-electron chi connectivity index (χ2n) is 5.71. The summed E-state index contributed by atoms with van der Waals surface area (Å²) in [6.07, 6.45) is 0.878. The lowest BCUT2D eigenvalue weighted by molar-refractivity contribution is -0.175. The second-order valence-corrected chi connectivity index (χ2v) is 6.08. The van der Waals surface area contributed by atoms with Gasteiger partial charge in [-0.2, -0.15) is 12.6 Å². The third-order valence-electron chi connectivity index (χ3n) is 3.97. The molecular formula is C14H22N2O5S. The molecule has 0 radical (unpaired) electrons. The fourth-order valence-corrected chi connectivity index (χ4v) is 2.92. The molecule has 0 aromatic heterocycles. The number of hydrogen-bond donors (Lipinski definition) is 3. The summed E-state index contributed by atoms with van der Waals surface area (Å²) < 4.78 is 0. The van der Waals surface area contributed by atoms with Gasteiger partial charge in [-0.3, -0.25) is 19.3 Å². The number of amides is 2. The minimum absolute atomic E-state index is 0.0116. The normalized spacial score (nSPS) is 24.9. The van der Waals surface area contributed by atoms with E-state index >= 15 is 0 Å². The van der Waals surface area contributed by atoms with Crippen LogP contribution >= 0.6 is 12.6 Å². The van der Waals surface area contributed by atoms with E-state index in [9.17, 15) is 24.3 Å². The summed E-state index contributed by atoms with van der Waals surface area (Å²) >= 11 is 3.92. The molecule has 8 heteroatoms. The summed E-state index contributed by atoms with van der Waals surface area (Å²) in [5.74, 6) is -4.50. The number of imide groups is 1. The molecule has 0 spiro atoms. The number of carbonyl (C=O) groups is 4. The first-order valence-corrected chi connectivity index (χ1v) is 7.84. The number of carboxylic acid groups (broad SMARTS) is 1. The second kappa shape index (κ2) is 7.23. The Morgan fingerprint density at radius 1 is 1.32 bits per heavy atom. The Balaban J connectivity index is 3.54. The van der Waals surface area contributed by atoms with Crippen LogP contribution in [0.4, 0.5) is 0 Å². The van der Waals surface area contributed by atoms with E-state index in [1.54, 1.807) is 0 Å². The monoisotopic (exact) mass is 330 g/mol. The highest BCUT2D eigenvalue weighted by Crippen LogP contribution is 2.32. The van der Waals surface area contributed by atoms with E-state index in [0.29, 0.717) is 17.7 Å². The Morgan fingerprint density at radius 3 is 2.32 bits per heavy atom. The number of nitrogens with zero attached hydrogens (tertiary/aromatic N) is 1. The number of hydrogen-bond acceptors (Lipinski definition) is 6. The largest absolute Gasteiger partial charge is 0.479 e. The van der Waals surface area contributed by atoms with Gasteiger partial charge in [0.25, 0.3) is 0 Å². The van der Waals surface area contributed by atoms with Crippen LogP contribution in [0.15, 0.2) is 0 Å². The molecule has 0 saturated carbocycles. The first kappa shape index (κ1) is 18.6. The van der Waals surface area contributed by atoms with Crippen LogP contribution in [-0.4, -0.2) is 50.9 Å². The molecule has 0 unspecified atom stereocenters.